The number of carbonyl (C=O) groups is 3. The van der Waals surface area contributed by atoms with E-state index < -0.39 is 47.5 Å². The standard InChI is InChI=1S/C45H70N2O12/c1-8-44(58-32-19-37-36-12-10-30-18-31(49)11-13-34(30)35(36)14-15-42(37,7)20-32)54-23-43(24-55-44)25-56-45(9-2,57-26-43)59-33(21-52-40(50)38(46)16-28(3)4)22-53-41(51)39(47-27-48)17-29(5)6/h11,13,18,27-29,32-33,35-39,49H,8-10,12,14-17,19-26,46H2,1-7H3,(H,47,48). The van der Waals surface area contributed by atoms with Crippen molar-refractivity contribution in [2.45, 2.75) is 155 Å². The summed E-state index contributed by atoms with van der Waals surface area (Å²) >= 11 is 0. The molecule has 2 aliphatic heterocycles. The maximum absolute atomic E-state index is 13.0. The number of hydrogen-bond donors (Lipinski definition) is 3. The molecule has 0 bridgehead atoms. The maximum Gasteiger partial charge on any atom is 0.328 e. The Balaban J connectivity index is 1.05. The second-order valence-corrected chi connectivity index (χ2v) is 19.1. The number of benzene rings is 1. The smallest absolute Gasteiger partial charge is 0.328 e. The molecule has 1 spiro atoms. The zero-order chi connectivity index (χ0) is 42.6. The van der Waals surface area contributed by atoms with Crippen LogP contribution in [0.4, 0.5) is 0 Å². The van der Waals surface area contributed by atoms with Crippen LogP contribution in [0.15, 0.2) is 18.2 Å². The highest BCUT2D eigenvalue weighted by Gasteiger charge is 2.57. The molecule has 5 aliphatic rings. The number of hydrogen-bond acceptors (Lipinski definition) is 13. The molecule has 1 aromatic carbocycles. The van der Waals surface area contributed by atoms with Crippen molar-refractivity contribution in [2.24, 2.45) is 40.2 Å². The van der Waals surface area contributed by atoms with E-state index in [1.54, 1.807) is 0 Å². The molecule has 59 heavy (non-hydrogen) atoms. The SMILES string of the molecule is CCC1(OC(COC(=O)C(N)CC(C)C)COC(=O)C(CC(C)C)NC=O)OCC2(CO1)COC(CC)(OC1CC3C4CCc5cc(O)ccc5C4CCC3(C)C1)OC2. The van der Waals surface area contributed by atoms with Gasteiger partial charge in [0.05, 0.1) is 37.9 Å². The van der Waals surface area contributed by atoms with Gasteiger partial charge in [-0.2, -0.15) is 0 Å². The van der Waals surface area contributed by atoms with Crippen molar-refractivity contribution in [1.29, 1.82) is 0 Å². The van der Waals surface area contributed by atoms with E-state index in [1.807, 2.05) is 53.7 Å². The van der Waals surface area contributed by atoms with Crippen LogP contribution in [-0.2, 0) is 58.7 Å². The number of rotatable bonds is 18. The Morgan fingerprint density at radius 2 is 1.56 bits per heavy atom. The van der Waals surface area contributed by atoms with Crippen molar-refractivity contribution in [3.8, 4) is 5.75 Å². The van der Waals surface area contributed by atoms with Crippen LogP contribution in [0.3, 0.4) is 0 Å². The summed E-state index contributed by atoms with van der Waals surface area (Å²) in [5, 5.41) is 12.6. The highest BCUT2D eigenvalue weighted by Crippen LogP contribution is 2.62. The van der Waals surface area contributed by atoms with Crippen molar-refractivity contribution in [2.75, 3.05) is 39.6 Å². The van der Waals surface area contributed by atoms with E-state index in [2.05, 4.69) is 18.3 Å². The summed E-state index contributed by atoms with van der Waals surface area (Å²) in [5.74, 6) is -1.62. The Labute approximate surface area is 350 Å². The second-order valence-electron chi connectivity index (χ2n) is 19.1. The molecular weight excluding hydrogens is 760 g/mol. The van der Waals surface area contributed by atoms with Gasteiger partial charge in [0.15, 0.2) is 0 Å². The van der Waals surface area contributed by atoms with Crippen LogP contribution in [0.1, 0.15) is 123 Å². The first-order valence-electron chi connectivity index (χ1n) is 22.1. The van der Waals surface area contributed by atoms with E-state index in [0.717, 1.165) is 38.5 Å². The zero-order valence-electron chi connectivity index (χ0n) is 36.3. The molecule has 2 saturated carbocycles. The fraction of sp³-hybridized carbons (Fsp3) is 0.800. The van der Waals surface area contributed by atoms with E-state index in [1.165, 1.54) is 11.1 Å². The molecule has 1 aromatic rings. The highest BCUT2D eigenvalue weighted by atomic mass is 16.9. The number of ether oxygens (including phenoxy) is 8. The third-order valence-electron chi connectivity index (χ3n) is 13.5. The number of nitrogens with one attached hydrogen (secondary N) is 1. The molecular formula is C45H70N2O12. The largest absolute Gasteiger partial charge is 0.508 e. The van der Waals surface area contributed by atoms with E-state index in [4.69, 9.17) is 43.6 Å². The van der Waals surface area contributed by atoms with Gasteiger partial charge < -0.3 is 54.1 Å². The molecule has 8 unspecified atom stereocenters. The average molecular weight is 831 g/mol. The molecule has 14 heteroatoms. The van der Waals surface area contributed by atoms with Crippen LogP contribution in [-0.4, -0.2) is 99.3 Å². The quantitative estimate of drug-likeness (QED) is 0.119. The second kappa shape index (κ2) is 19.0. The van der Waals surface area contributed by atoms with Gasteiger partial charge in [-0.15, -0.1) is 0 Å². The van der Waals surface area contributed by atoms with Crippen molar-refractivity contribution in [1.82, 2.24) is 5.32 Å². The lowest BCUT2D eigenvalue weighted by Gasteiger charge is -2.50. The van der Waals surface area contributed by atoms with Gasteiger partial charge in [-0.05, 0) is 110 Å². The molecule has 0 aromatic heterocycles. The van der Waals surface area contributed by atoms with Gasteiger partial charge in [0, 0.05) is 12.8 Å². The number of nitrogens with two attached hydrogens (primary N) is 1. The number of esters is 2. The van der Waals surface area contributed by atoms with Crippen molar-refractivity contribution in [3.05, 3.63) is 29.3 Å². The van der Waals surface area contributed by atoms with Crippen LogP contribution in [0.2, 0.25) is 0 Å². The molecule has 2 heterocycles. The van der Waals surface area contributed by atoms with Gasteiger partial charge >= 0.3 is 11.9 Å². The minimum Gasteiger partial charge on any atom is -0.508 e. The molecule has 2 saturated heterocycles. The zero-order valence-corrected chi connectivity index (χ0v) is 36.3. The van der Waals surface area contributed by atoms with E-state index >= 15 is 0 Å². The molecule has 332 valence electrons. The van der Waals surface area contributed by atoms with Crippen LogP contribution in [0.25, 0.3) is 0 Å². The van der Waals surface area contributed by atoms with Gasteiger partial charge in [0.25, 0.3) is 11.9 Å². The highest BCUT2D eigenvalue weighted by molar-refractivity contribution is 5.78. The van der Waals surface area contributed by atoms with Gasteiger partial charge in [-0.1, -0.05) is 54.5 Å². The summed E-state index contributed by atoms with van der Waals surface area (Å²) in [6.07, 6.45) is 7.50. The molecule has 4 fully saturated rings. The lowest BCUT2D eigenvalue weighted by Crippen LogP contribution is -2.61. The summed E-state index contributed by atoms with van der Waals surface area (Å²) in [4.78, 5) is 37.0. The summed E-state index contributed by atoms with van der Waals surface area (Å²) in [6, 6.07) is 4.27. The first kappa shape index (κ1) is 45.7. The van der Waals surface area contributed by atoms with Crippen LogP contribution in [0, 0.1) is 34.5 Å². The third kappa shape index (κ3) is 10.6. The number of aromatic hydroxyl groups is 1. The average Bonchev–Trinajstić information content (AvgIpc) is 3.55. The van der Waals surface area contributed by atoms with Crippen molar-refractivity contribution >= 4 is 18.3 Å². The van der Waals surface area contributed by atoms with Gasteiger partial charge in [0.2, 0.25) is 6.41 Å². The maximum atomic E-state index is 13.0. The molecule has 1 amide bonds. The van der Waals surface area contributed by atoms with Crippen LogP contribution in [0.5, 0.6) is 5.75 Å². The summed E-state index contributed by atoms with van der Waals surface area (Å²) in [7, 11) is 0. The van der Waals surface area contributed by atoms with Gasteiger partial charge in [0.1, 0.15) is 37.2 Å². The number of aryl methyl sites for hydroxylation is 1. The van der Waals surface area contributed by atoms with E-state index in [0.29, 0.717) is 49.2 Å². The molecule has 8 atom stereocenters. The molecule has 4 N–H and O–H groups in total. The van der Waals surface area contributed by atoms with Gasteiger partial charge in [-0.3, -0.25) is 9.59 Å². The third-order valence-corrected chi connectivity index (χ3v) is 13.5. The molecule has 3 aliphatic carbocycles. The molecule has 0 radical (unpaired) electrons. The minimum atomic E-state index is -1.53. The van der Waals surface area contributed by atoms with E-state index in [9.17, 15) is 19.5 Å². The summed E-state index contributed by atoms with van der Waals surface area (Å²) in [6.45, 7) is 14.5. The fourth-order valence-corrected chi connectivity index (χ4v) is 10.3. The predicted octanol–water partition coefficient (Wildman–Crippen LogP) is 5.85. The van der Waals surface area contributed by atoms with Crippen molar-refractivity contribution in [3.63, 3.8) is 0 Å². The Hall–Kier alpha value is -2.85. The number of phenolic OH excluding ortho intramolecular Hbond substituents is 1. The topological polar surface area (TPSA) is 183 Å². The van der Waals surface area contributed by atoms with E-state index in [-0.39, 0.29) is 69.4 Å². The number of phenols is 1. The fourth-order valence-electron chi connectivity index (χ4n) is 10.3. The monoisotopic (exact) mass is 830 g/mol. The van der Waals surface area contributed by atoms with Gasteiger partial charge in [-0.25, -0.2) is 4.79 Å². The van der Waals surface area contributed by atoms with Crippen LogP contribution >= 0.6 is 0 Å². The minimum absolute atomic E-state index is 0.00823. The van der Waals surface area contributed by atoms with Crippen LogP contribution < -0.4 is 11.1 Å². The lowest BCUT2D eigenvalue weighted by molar-refractivity contribution is -0.474. The molecule has 6 rings (SSSR count). The predicted molar refractivity (Wildman–Crippen MR) is 217 cm³/mol. The Bertz CT molecular complexity index is 1590. The number of fused-ring (bicyclic) bond motifs is 5. The Morgan fingerprint density at radius 1 is 0.932 bits per heavy atom. The summed E-state index contributed by atoms with van der Waals surface area (Å²) in [5.41, 5.74) is 8.36. The normalized spacial score (nSPS) is 34.3. The number of amides is 1. The lowest BCUT2D eigenvalue weighted by atomic mass is 9.56. The first-order chi connectivity index (χ1) is 28.1. The number of carbonyl (C=O) groups excluding carboxylic acids is 3. The Kier molecular flexibility index (Phi) is 14.7. The first-order valence-corrected chi connectivity index (χ1v) is 22.1. The van der Waals surface area contributed by atoms with Crippen molar-refractivity contribution < 1.29 is 57.4 Å². The summed E-state index contributed by atoms with van der Waals surface area (Å²) < 4.78 is 50.2. The molecule has 14 nitrogen and oxygen atoms in total. The Morgan fingerprint density at radius 3 is 2.17 bits per heavy atom.